The van der Waals surface area contributed by atoms with E-state index < -0.39 is 5.97 Å². The molecule has 1 aliphatic rings. The Hall–Kier alpha value is -1.67. The largest absolute Gasteiger partial charge is 0.507 e. The third-order valence-corrected chi connectivity index (χ3v) is 4.99. The number of nitrogens with zero attached hydrogens (tertiary/aromatic N) is 1. The average molecular weight is 412 g/mol. The van der Waals surface area contributed by atoms with Crippen LogP contribution < -0.4 is 0 Å². The number of rotatable bonds is 8. The fourth-order valence-corrected chi connectivity index (χ4v) is 3.97. The van der Waals surface area contributed by atoms with Crippen molar-refractivity contribution in [1.82, 2.24) is 4.90 Å². The Balaban J connectivity index is 0.000000359. The SMILES string of the molecule is CC1CC(OC(=O)c2ccccc2O)CC(C)(C)C1.OCCN(CCO)CCO. The summed E-state index contributed by atoms with van der Waals surface area (Å²) >= 11 is 0. The Morgan fingerprint density at radius 2 is 1.62 bits per heavy atom. The summed E-state index contributed by atoms with van der Waals surface area (Å²) in [5, 5.41) is 35.1. The van der Waals surface area contributed by atoms with Gasteiger partial charge in [-0.05, 0) is 42.7 Å². The number of phenols is 1. The smallest absolute Gasteiger partial charge is 0.342 e. The molecule has 4 N–H and O–H groups in total. The van der Waals surface area contributed by atoms with Gasteiger partial charge in [0.25, 0.3) is 0 Å². The molecule has 1 aromatic rings. The Bertz CT molecular complexity index is 592. The first kappa shape index (κ1) is 25.4. The Morgan fingerprint density at radius 1 is 1.07 bits per heavy atom. The number of hydrogen-bond donors (Lipinski definition) is 4. The van der Waals surface area contributed by atoms with E-state index in [2.05, 4.69) is 20.8 Å². The van der Waals surface area contributed by atoms with Crippen molar-refractivity contribution in [2.45, 2.75) is 46.1 Å². The van der Waals surface area contributed by atoms with Crippen molar-refractivity contribution in [3.63, 3.8) is 0 Å². The number of esters is 1. The summed E-state index contributed by atoms with van der Waals surface area (Å²) in [5.41, 5.74) is 0.458. The molecule has 1 aliphatic carbocycles. The monoisotopic (exact) mass is 411 g/mol. The number of hydrogen-bond acceptors (Lipinski definition) is 7. The normalized spacial score (nSPS) is 20.7. The molecule has 1 aromatic carbocycles. The van der Waals surface area contributed by atoms with Gasteiger partial charge in [-0.25, -0.2) is 4.79 Å². The van der Waals surface area contributed by atoms with Crippen LogP contribution in [0, 0.1) is 11.3 Å². The third kappa shape index (κ3) is 9.58. The number of ether oxygens (including phenoxy) is 1. The fourth-order valence-electron chi connectivity index (χ4n) is 3.97. The minimum atomic E-state index is -0.423. The molecule has 7 nitrogen and oxygen atoms in total. The lowest BCUT2D eigenvalue weighted by Crippen LogP contribution is -2.34. The van der Waals surface area contributed by atoms with Crippen LogP contribution in [0.15, 0.2) is 24.3 Å². The van der Waals surface area contributed by atoms with E-state index in [0.717, 1.165) is 19.3 Å². The van der Waals surface area contributed by atoms with Gasteiger partial charge in [0.05, 0.1) is 19.8 Å². The molecule has 0 bridgehead atoms. The van der Waals surface area contributed by atoms with Gasteiger partial charge in [-0.1, -0.05) is 32.9 Å². The van der Waals surface area contributed by atoms with Gasteiger partial charge in [0.15, 0.2) is 0 Å². The first-order valence-electron chi connectivity index (χ1n) is 10.3. The van der Waals surface area contributed by atoms with E-state index in [1.165, 1.54) is 6.07 Å². The van der Waals surface area contributed by atoms with Gasteiger partial charge < -0.3 is 25.2 Å². The average Bonchev–Trinajstić information content (AvgIpc) is 2.61. The van der Waals surface area contributed by atoms with E-state index in [-0.39, 0.29) is 42.7 Å². The summed E-state index contributed by atoms with van der Waals surface area (Å²) in [7, 11) is 0. The predicted octanol–water partition coefficient (Wildman–Crippen LogP) is 2.03. The molecule has 0 heterocycles. The Labute approximate surface area is 173 Å². The van der Waals surface area contributed by atoms with E-state index >= 15 is 0 Å². The lowest BCUT2D eigenvalue weighted by atomic mass is 9.71. The minimum Gasteiger partial charge on any atom is -0.507 e. The molecule has 7 heteroatoms. The molecule has 0 saturated heterocycles. The summed E-state index contributed by atoms with van der Waals surface area (Å²) in [4.78, 5) is 13.9. The second-order valence-electron chi connectivity index (χ2n) is 8.47. The molecular weight excluding hydrogens is 374 g/mol. The first-order chi connectivity index (χ1) is 13.7. The van der Waals surface area contributed by atoms with Crippen molar-refractivity contribution >= 4 is 5.97 Å². The second-order valence-corrected chi connectivity index (χ2v) is 8.47. The zero-order valence-corrected chi connectivity index (χ0v) is 17.9. The summed E-state index contributed by atoms with van der Waals surface area (Å²) in [6.07, 6.45) is 2.91. The van der Waals surface area contributed by atoms with Crippen LogP contribution in [-0.4, -0.2) is 76.9 Å². The van der Waals surface area contributed by atoms with Gasteiger partial charge in [-0.3, -0.25) is 4.90 Å². The molecule has 0 spiro atoms. The molecule has 2 rings (SSSR count). The topological polar surface area (TPSA) is 110 Å². The quantitative estimate of drug-likeness (QED) is 0.485. The van der Waals surface area contributed by atoms with Crippen LogP contribution >= 0.6 is 0 Å². The highest BCUT2D eigenvalue weighted by molar-refractivity contribution is 5.92. The van der Waals surface area contributed by atoms with Gasteiger partial charge in [0, 0.05) is 19.6 Å². The van der Waals surface area contributed by atoms with Crippen molar-refractivity contribution in [3.8, 4) is 5.75 Å². The van der Waals surface area contributed by atoms with Crippen LogP contribution in [0.2, 0.25) is 0 Å². The van der Waals surface area contributed by atoms with Crippen molar-refractivity contribution in [2.24, 2.45) is 11.3 Å². The number of carbonyl (C=O) groups is 1. The van der Waals surface area contributed by atoms with Gasteiger partial charge >= 0.3 is 5.97 Å². The lowest BCUT2D eigenvalue weighted by molar-refractivity contribution is -0.00734. The molecular formula is C22H37NO6. The molecule has 0 amide bonds. The van der Waals surface area contributed by atoms with E-state index in [1.807, 2.05) is 0 Å². The third-order valence-electron chi connectivity index (χ3n) is 4.99. The highest BCUT2D eigenvalue weighted by Gasteiger charge is 2.34. The highest BCUT2D eigenvalue weighted by Crippen LogP contribution is 2.40. The number of aromatic hydroxyl groups is 1. The zero-order chi connectivity index (χ0) is 21.9. The maximum Gasteiger partial charge on any atom is 0.342 e. The van der Waals surface area contributed by atoms with Crippen LogP contribution in [0.4, 0.5) is 0 Å². The first-order valence-corrected chi connectivity index (χ1v) is 10.3. The number of para-hydroxylation sites is 1. The Kier molecular flexibility index (Phi) is 11.2. The molecule has 2 atom stereocenters. The molecule has 166 valence electrons. The van der Waals surface area contributed by atoms with Crippen molar-refractivity contribution < 1.29 is 30.0 Å². The van der Waals surface area contributed by atoms with Crippen LogP contribution in [0.25, 0.3) is 0 Å². The summed E-state index contributed by atoms with van der Waals surface area (Å²) in [5.74, 6) is 0.120. The number of phenolic OH excluding ortho intramolecular Hbond substituents is 1. The van der Waals surface area contributed by atoms with E-state index in [0.29, 0.717) is 25.6 Å². The fraction of sp³-hybridized carbons (Fsp3) is 0.682. The summed E-state index contributed by atoms with van der Waals surface area (Å²) in [6, 6.07) is 6.51. The standard InChI is InChI=1S/C16H22O3.C6H15NO3/c1-11-8-12(10-16(2,3)9-11)19-15(18)13-6-4-5-7-14(13)17;8-4-1-7(2-5-9)3-6-10/h4-7,11-12,17H,8-10H2,1-3H3;8-10H,1-6H2. The molecule has 1 fully saturated rings. The van der Waals surface area contributed by atoms with Gasteiger partial charge in [0.2, 0.25) is 0 Å². The van der Waals surface area contributed by atoms with E-state index in [1.54, 1.807) is 23.1 Å². The number of aliphatic hydroxyl groups is 3. The van der Waals surface area contributed by atoms with Crippen molar-refractivity contribution in [2.75, 3.05) is 39.5 Å². The number of aliphatic hydroxyl groups excluding tert-OH is 3. The summed E-state index contributed by atoms with van der Waals surface area (Å²) in [6.45, 7) is 8.37. The molecule has 29 heavy (non-hydrogen) atoms. The highest BCUT2D eigenvalue weighted by atomic mass is 16.5. The van der Waals surface area contributed by atoms with Crippen LogP contribution in [0.5, 0.6) is 5.75 Å². The van der Waals surface area contributed by atoms with Crippen molar-refractivity contribution in [1.29, 1.82) is 0 Å². The second kappa shape index (κ2) is 12.8. The van der Waals surface area contributed by atoms with E-state index in [9.17, 15) is 9.90 Å². The summed E-state index contributed by atoms with van der Waals surface area (Å²) < 4.78 is 5.57. The molecule has 0 radical (unpaired) electrons. The van der Waals surface area contributed by atoms with Gasteiger partial charge in [0.1, 0.15) is 17.4 Å². The van der Waals surface area contributed by atoms with E-state index in [4.69, 9.17) is 20.1 Å². The Morgan fingerprint density at radius 3 is 2.10 bits per heavy atom. The van der Waals surface area contributed by atoms with Gasteiger partial charge in [-0.2, -0.15) is 0 Å². The van der Waals surface area contributed by atoms with Crippen LogP contribution in [0.3, 0.4) is 0 Å². The molecule has 0 aromatic heterocycles. The zero-order valence-electron chi connectivity index (χ0n) is 17.9. The molecule has 2 unspecified atom stereocenters. The van der Waals surface area contributed by atoms with Crippen molar-refractivity contribution in [3.05, 3.63) is 29.8 Å². The number of carbonyl (C=O) groups excluding carboxylic acids is 1. The minimum absolute atomic E-state index is 0.0179. The maximum absolute atomic E-state index is 12.1. The number of benzene rings is 1. The van der Waals surface area contributed by atoms with Gasteiger partial charge in [-0.15, -0.1) is 0 Å². The lowest BCUT2D eigenvalue weighted by Gasteiger charge is -2.38. The van der Waals surface area contributed by atoms with Crippen LogP contribution in [0.1, 0.15) is 50.4 Å². The predicted molar refractivity (Wildman–Crippen MR) is 112 cm³/mol. The maximum atomic E-state index is 12.1. The molecule has 0 aliphatic heterocycles. The van der Waals surface area contributed by atoms with Crippen LogP contribution in [-0.2, 0) is 4.74 Å². The molecule has 1 saturated carbocycles.